The maximum absolute atomic E-state index is 13.0. The molecule has 0 aliphatic carbocycles. The smallest absolute Gasteiger partial charge is 0.254 e. The second-order valence-corrected chi connectivity index (χ2v) is 8.00. The maximum Gasteiger partial charge on any atom is 0.254 e. The van der Waals surface area contributed by atoms with Crippen LogP contribution in [0, 0.1) is 11.8 Å². The van der Waals surface area contributed by atoms with E-state index in [0.717, 1.165) is 37.3 Å². The molecule has 0 atom stereocenters. The van der Waals surface area contributed by atoms with Crippen molar-refractivity contribution in [3.8, 4) is 11.8 Å². The zero-order chi connectivity index (χ0) is 20.8. The fourth-order valence-electron chi connectivity index (χ4n) is 3.62. The molecule has 1 fully saturated rings. The van der Waals surface area contributed by atoms with E-state index >= 15 is 0 Å². The SMILES string of the molecule is CSc1ccccc1N1CCN(C(=O)c2cccc(C#Cc3ccccc3)c2)CC1. The minimum atomic E-state index is 0.0798. The van der Waals surface area contributed by atoms with Gasteiger partial charge in [0.2, 0.25) is 0 Å². The lowest BCUT2D eigenvalue weighted by atomic mass is 10.1. The van der Waals surface area contributed by atoms with Crippen molar-refractivity contribution in [1.29, 1.82) is 0 Å². The number of nitrogens with zero attached hydrogens (tertiary/aromatic N) is 2. The van der Waals surface area contributed by atoms with Crippen LogP contribution < -0.4 is 4.90 Å². The van der Waals surface area contributed by atoms with Gasteiger partial charge in [0.1, 0.15) is 0 Å². The summed E-state index contributed by atoms with van der Waals surface area (Å²) in [6, 6.07) is 26.0. The van der Waals surface area contributed by atoms with Crippen LogP contribution in [0.4, 0.5) is 5.69 Å². The Bertz CT molecular complexity index is 1080. The van der Waals surface area contributed by atoms with E-state index in [9.17, 15) is 4.79 Å². The molecule has 1 heterocycles. The molecular weight excluding hydrogens is 388 g/mol. The Kier molecular flexibility index (Phi) is 6.41. The number of anilines is 1. The summed E-state index contributed by atoms with van der Waals surface area (Å²) in [7, 11) is 0. The molecule has 30 heavy (non-hydrogen) atoms. The highest BCUT2D eigenvalue weighted by atomic mass is 32.2. The molecule has 0 saturated carbocycles. The molecule has 4 rings (SSSR count). The van der Waals surface area contributed by atoms with E-state index in [1.54, 1.807) is 11.8 Å². The topological polar surface area (TPSA) is 23.6 Å². The molecule has 0 aromatic heterocycles. The van der Waals surface area contributed by atoms with Crippen LogP contribution in [-0.2, 0) is 0 Å². The third-order valence-electron chi connectivity index (χ3n) is 5.23. The van der Waals surface area contributed by atoms with Crippen molar-refractivity contribution >= 4 is 23.4 Å². The number of benzene rings is 3. The molecule has 0 bridgehead atoms. The van der Waals surface area contributed by atoms with Gasteiger partial charge >= 0.3 is 0 Å². The Labute approximate surface area is 182 Å². The lowest BCUT2D eigenvalue weighted by molar-refractivity contribution is 0.0746. The highest BCUT2D eigenvalue weighted by molar-refractivity contribution is 7.98. The van der Waals surface area contributed by atoms with Gasteiger partial charge in [-0.1, -0.05) is 48.2 Å². The van der Waals surface area contributed by atoms with E-state index in [0.29, 0.717) is 5.56 Å². The first kappa shape index (κ1) is 20.1. The average Bonchev–Trinajstić information content (AvgIpc) is 2.83. The van der Waals surface area contributed by atoms with E-state index in [-0.39, 0.29) is 5.91 Å². The van der Waals surface area contributed by atoms with Crippen molar-refractivity contribution in [2.24, 2.45) is 0 Å². The Balaban J connectivity index is 1.43. The Morgan fingerprint density at radius 3 is 2.23 bits per heavy atom. The maximum atomic E-state index is 13.0. The number of thioether (sulfide) groups is 1. The van der Waals surface area contributed by atoms with Gasteiger partial charge in [-0.2, -0.15) is 0 Å². The predicted molar refractivity (Wildman–Crippen MR) is 125 cm³/mol. The number of rotatable bonds is 3. The van der Waals surface area contributed by atoms with Gasteiger partial charge in [0.15, 0.2) is 0 Å². The first-order valence-corrected chi connectivity index (χ1v) is 11.3. The summed E-state index contributed by atoms with van der Waals surface area (Å²) in [4.78, 5) is 18.6. The number of hydrogen-bond acceptors (Lipinski definition) is 3. The number of amides is 1. The number of piperazine rings is 1. The Morgan fingerprint density at radius 1 is 0.800 bits per heavy atom. The van der Waals surface area contributed by atoms with Gasteiger partial charge in [-0.3, -0.25) is 4.79 Å². The lowest BCUT2D eigenvalue weighted by Crippen LogP contribution is -2.49. The van der Waals surface area contributed by atoms with Crippen molar-refractivity contribution in [2.45, 2.75) is 4.90 Å². The van der Waals surface area contributed by atoms with Crippen molar-refractivity contribution in [1.82, 2.24) is 4.90 Å². The first-order valence-electron chi connectivity index (χ1n) is 10.1. The summed E-state index contributed by atoms with van der Waals surface area (Å²) in [5.74, 6) is 6.41. The van der Waals surface area contributed by atoms with E-state index < -0.39 is 0 Å². The van der Waals surface area contributed by atoms with Crippen molar-refractivity contribution < 1.29 is 4.79 Å². The van der Waals surface area contributed by atoms with Crippen LogP contribution in [0.1, 0.15) is 21.5 Å². The highest BCUT2D eigenvalue weighted by Gasteiger charge is 2.23. The molecular formula is C26H24N2OS. The zero-order valence-electron chi connectivity index (χ0n) is 17.0. The van der Waals surface area contributed by atoms with Crippen LogP contribution >= 0.6 is 11.8 Å². The number of carbonyl (C=O) groups is 1. The fourth-order valence-corrected chi connectivity index (χ4v) is 4.24. The molecule has 3 nitrogen and oxygen atoms in total. The number of carbonyl (C=O) groups excluding carboxylic acids is 1. The molecule has 0 radical (unpaired) electrons. The van der Waals surface area contributed by atoms with Gasteiger partial charge < -0.3 is 9.80 Å². The normalized spacial score (nSPS) is 13.5. The largest absolute Gasteiger partial charge is 0.367 e. The monoisotopic (exact) mass is 412 g/mol. The average molecular weight is 413 g/mol. The summed E-state index contributed by atoms with van der Waals surface area (Å²) >= 11 is 1.76. The number of para-hydroxylation sites is 1. The summed E-state index contributed by atoms with van der Waals surface area (Å²) in [5, 5.41) is 0. The number of hydrogen-bond donors (Lipinski definition) is 0. The van der Waals surface area contributed by atoms with Crippen molar-refractivity contribution in [3.63, 3.8) is 0 Å². The molecule has 0 unspecified atom stereocenters. The minimum absolute atomic E-state index is 0.0798. The van der Waals surface area contributed by atoms with Crippen LogP contribution in [0.5, 0.6) is 0 Å². The molecule has 150 valence electrons. The molecule has 0 N–H and O–H groups in total. The van der Waals surface area contributed by atoms with E-state index in [4.69, 9.17) is 0 Å². The molecule has 1 aliphatic heterocycles. The molecule has 1 saturated heterocycles. The third kappa shape index (κ3) is 4.69. The predicted octanol–water partition coefficient (Wildman–Crippen LogP) is 4.77. The molecule has 0 spiro atoms. The van der Waals surface area contributed by atoms with Gasteiger partial charge in [-0.15, -0.1) is 11.8 Å². The van der Waals surface area contributed by atoms with Crippen LogP contribution in [0.15, 0.2) is 83.8 Å². The zero-order valence-corrected chi connectivity index (χ0v) is 17.9. The molecule has 1 aliphatic rings. The fraction of sp³-hybridized carbons (Fsp3) is 0.192. The van der Waals surface area contributed by atoms with Crippen LogP contribution in [0.3, 0.4) is 0 Å². The lowest BCUT2D eigenvalue weighted by Gasteiger charge is -2.37. The Hall–Kier alpha value is -3.16. The first-order chi connectivity index (χ1) is 14.7. The molecule has 1 amide bonds. The van der Waals surface area contributed by atoms with Crippen molar-refractivity contribution in [2.75, 3.05) is 37.3 Å². The third-order valence-corrected chi connectivity index (χ3v) is 6.01. The van der Waals surface area contributed by atoms with Gasteiger partial charge in [-0.05, 0) is 48.7 Å². The Morgan fingerprint density at radius 2 is 1.47 bits per heavy atom. The van der Waals surface area contributed by atoms with E-state index in [1.807, 2.05) is 59.5 Å². The second-order valence-electron chi connectivity index (χ2n) is 7.15. The summed E-state index contributed by atoms with van der Waals surface area (Å²) in [6.07, 6.45) is 2.10. The van der Waals surface area contributed by atoms with Crippen LogP contribution in [-0.4, -0.2) is 43.2 Å². The summed E-state index contributed by atoms with van der Waals surface area (Å²) in [6.45, 7) is 3.14. The van der Waals surface area contributed by atoms with E-state index in [1.165, 1.54) is 10.6 Å². The van der Waals surface area contributed by atoms with E-state index in [2.05, 4.69) is 47.3 Å². The molecule has 3 aromatic rings. The van der Waals surface area contributed by atoms with Gasteiger partial charge in [0, 0.05) is 47.8 Å². The van der Waals surface area contributed by atoms with Crippen LogP contribution in [0.25, 0.3) is 0 Å². The highest BCUT2D eigenvalue weighted by Crippen LogP contribution is 2.29. The summed E-state index contributed by atoms with van der Waals surface area (Å²) < 4.78 is 0. The van der Waals surface area contributed by atoms with Crippen molar-refractivity contribution in [3.05, 3.63) is 95.6 Å². The molecule has 3 aromatic carbocycles. The summed E-state index contributed by atoms with van der Waals surface area (Å²) in [5.41, 5.74) is 3.79. The van der Waals surface area contributed by atoms with Gasteiger partial charge in [0.05, 0.1) is 5.69 Å². The second kappa shape index (κ2) is 9.56. The van der Waals surface area contributed by atoms with Gasteiger partial charge in [0.25, 0.3) is 5.91 Å². The van der Waals surface area contributed by atoms with Gasteiger partial charge in [-0.25, -0.2) is 0 Å². The minimum Gasteiger partial charge on any atom is -0.367 e. The quantitative estimate of drug-likeness (QED) is 0.457. The van der Waals surface area contributed by atoms with Crippen LogP contribution in [0.2, 0.25) is 0 Å². The molecule has 4 heteroatoms. The standard InChI is InChI=1S/C26H24N2OS/c1-30-25-13-6-5-12-24(25)27-16-18-28(19-17-27)26(29)23-11-7-10-22(20-23)15-14-21-8-3-2-4-9-21/h2-13,20H,16-19H2,1H3.